The molecule has 2 aromatic rings. The van der Waals surface area contributed by atoms with Crippen molar-refractivity contribution in [1.29, 1.82) is 0 Å². The van der Waals surface area contributed by atoms with Crippen LogP contribution in [0.4, 0.5) is 5.82 Å². The van der Waals surface area contributed by atoms with E-state index in [1.54, 1.807) is 6.33 Å². The van der Waals surface area contributed by atoms with Crippen LogP contribution in [0.3, 0.4) is 0 Å². The number of carbonyl (C=O) groups excluding carboxylic acids is 1. The molecule has 1 saturated carbocycles. The van der Waals surface area contributed by atoms with Crippen molar-refractivity contribution in [2.24, 2.45) is 5.73 Å². The van der Waals surface area contributed by atoms with Gasteiger partial charge in [-0.15, -0.1) is 0 Å². The fourth-order valence-corrected chi connectivity index (χ4v) is 3.48. The molecule has 1 aliphatic carbocycles. The molecule has 0 aliphatic heterocycles. The van der Waals surface area contributed by atoms with Crippen molar-refractivity contribution in [1.82, 2.24) is 14.9 Å². The molecule has 0 bridgehead atoms. The first-order chi connectivity index (χ1) is 12.1. The summed E-state index contributed by atoms with van der Waals surface area (Å²) in [4.78, 5) is 22.2. The van der Waals surface area contributed by atoms with Gasteiger partial charge in [0.05, 0.1) is 5.52 Å². The van der Waals surface area contributed by atoms with Gasteiger partial charge in [0.2, 0.25) is 0 Å². The summed E-state index contributed by atoms with van der Waals surface area (Å²) in [5.74, 6) is 0.822. The monoisotopic (exact) mass is 339 g/mol. The summed E-state index contributed by atoms with van der Waals surface area (Å²) in [6.45, 7) is 0. The molecule has 132 valence electrons. The molecule has 1 fully saturated rings. The Kier molecular flexibility index (Phi) is 5.28. The Balaban J connectivity index is 1.84. The van der Waals surface area contributed by atoms with E-state index in [1.165, 1.54) is 19.0 Å². The molecule has 1 aliphatic rings. The highest BCUT2D eigenvalue weighted by Gasteiger charge is 2.23. The van der Waals surface area contributed by atoms with Crippen molar-refractivity contribution < 1.29 is 4.79 Å². The van der Waals surface area contributed by atoms with Crippen molar-refractivity contribution in [3.8, 4) is 0 Å². The van der Waals surface area contributed by atoms with Gasteiger partial charge < -0.3 is 16.0 Å². The number of carbonyl (C=O) groups is 1. The molecule has 3 N–H and O–H groups in total. The zero-order valence-electron chi connectivity index (χ0n) is 14.8. The maximum Gasteiger partial charge on any atom is 0.152 e. The lowest BCUT2D eigenvalue weighted by Crippen LogP contribution is -2.36. The van der Waals surface area contributed by atoms with Crippen molar-refractivity contribution in [2.45, 2.75) is 37.8 Å². The topological polar surface area (TPSA) is 84.1 Å². The summed E-state index contributed by atoms with van der Waals surface area (Å²) in [5.41, 5.74) is 7.63. The first kappa shape index (κ1) is 17.4. The van der Waals surface area contributed by atoms with Gasteiger partial charge in [0.1, 0.15) is 12.1 Å². The van der Waals surface area contributed by atoms with Crippen LogP contribution >= 0.6 is 0 Å². The van der Waals surface area contributed by atoms with Crippen molar-refractivity contribution >= 4 is 28.6 Å². The summed E-state index contributed by atoms with van der Waals surface area (Å²) in [6, 6.07) is 6.75. The van der Waals surface area contributed by atoms with Gasteiger partial charge in [-0.05, 0) is 57.5 Å². The second-order valence-corrected chi connectivity index (χ2v) is 6.81. The Morgan fingerprint density at radius 2 is 2.00 bits per heavy atom. The van der Waals surface area contributed by atoms with E-state index in [4.69, 9.17) is 5.73 Å². The molecule has 1 aromatic carbocycles. The highest BCUT2D eigenvalue weighted by atomic mass is 16.1. The molecule has 0 amide bonds. The number of aromatic nitrogens is 2. The Morgan fingerprint density at radius 3 is 2.64 bits per heavy atom. The van der Waals surface area contributed by atoms with E-state index < -0.39 is 0 Å². The van der Waals surface area contributed by atoms with Crippen molar-refractivity contribution in [2.75, 3.05) is 19.4 Å². The number of allylic oxidation sites excluding steroid dienone is 1. The molecule has 1 aromatic heterocycles. The Labute approximate surface area is 148 Å². The number of nitrogens with two attached hydrogens (primary N) is 1. The molecule has 6 heteroatoms. The summed E-state index contributed by atoms with van der Waals surface area (Å²) in [6.07, 6.45) is 8.28. The largest absolute Gasteiger partial charge is 0.404 e. The summed E-state index contributed by atoms with van der Waals surface area (Å²) in [5, 5.41) is 4.49. The van der Waals surface area contributed by atoms with E-state index in [0.717, 1.165) is 41.4 Å². The lowest BCUT2D eigenvalue weighted by molar-refractivity contribution is -0.103. The molecule has 0 saturated heterocycles. The molecular formula is C19H25N5O. The number of anilines is 1. The number of fused-ring (bicyclic) bond motifs is 1. The zero-order chi connectivity index (χ0) is 17.8. The first-order valence-corrected chi connectivity index (χ1v) is 8.67. The van der Waals surface area contributed by atoms with Gasteiger partial charge in [0.15, 0.2) is 6.29 Å². The molecule has 6 nitrogen and oxygen atoms in total. The van der Waals surface area contributed by atoms with Crippen LogP contribution in [0.5, 0.6) is 0 Å². The zero-order valence-corrected chi connectivity index (χ0v) is 14.8. The van der Waals surface area contributed by atoms with Crippen LogP contribution in [0.25, 0.3) is 16.5 Å². The number of benzene rings is 1. The second kappa shape index (κ2) is 7.61. The minimum atomic E-state index is 0.411. The van der Waals surface area contributed by atoms with Crippen molar-refractivity contribution in [3.05, 3.63) is 36.3 Å². The maximum atomic E-state index is 11.2. The lowest BCUT2D eigenvalue weighted by Gasteiger charge is -2.33. The summed E-state index contributed by atoms with van der Waals surface area (Å²) >= 11 is 0. The SMILES string of the molecule is CN(C)C1CCC(Nc2ncnc3ccc(C(C=O)=CN)cc23)CC1. The van der Waals surface area contributed by atoms with E-state index >= 15 is 0 Å². The quantitative estimate of drug-likeness (QED) is 0.643. The molecule has 25 heavy (non-hydrogen) atoms. The lowest BCUT2D eigenvalue weighted by atomic mass is 9.90. The molecule has 1 heterocycles. The molecule has 0 radical (unpaired) electrons. The fraction of sp³-hybridized carbons (Fsp3) is 0.421. The average Bonchev–Trinajstić information content (AvgIpc) is 2.63. The van der Waals surface area contributed by atoms with Gasteiger partial charge in [-0.2, -0.15) is 0 Å². The number of hydrogen-bond donors (Lipinski definition) is 2. The third-order valence-corrected chi connectivity index (χ3v) is 5.04. The van der Waals surface area contributed by atoms with Gasteiger partial charge in [-0.1, -0.05) is 6.07 Å². The van der Waals surface area contributed by atoms with Gasteiger partial charge >= 0.3 is 0 Å². The van der Waals surface area contributed by atoms with Crippen molar-refractivity contribution in [3.63, 3.8) is 0 Å². The Hall–Kier alpha value is -2.47. The predicted molar refractivity (Wildman–Crippen MR) is 101 cm³/mol. The van der Waals surface area contributed by atoms with Crippen LogP contribution in [-0.2, 0) is 4.79 Å². The van der Waals surface area contributed by atoms with E-state index in [0.29, 0.717) is 17.7 Å². The molecule has 0 atom stereocenters. The molecule has 0 unspecified atom stereocenters. The van der Waals surface area contributed by atoms with Crippen LogP contribution in [-0.4, -0.2) is 47.3 Å². The van der Waals surface area contributed by atoms with Crippen LogP contribution < -0.4 is 11.1 Å². The summed E-state index contributed by atoms with van der Waals surface area (Å²) < 4.78 is 0. The van der Waals surface area contributed by atoms with E-state index in [1.807, 2.05) is 18.2 Å². The van der Waals surface area contributed by atoms with Gasteiger partial charge in [0, 0.05) is 29.2 Å². The molecular weight excluding hydrogens is 314 g/mol. The van der Waals surface area contributed by atoms with Gasteiger partial charge in [0.25, 0.3) is 0 Å². The van der Waals surface area contributed by atoms with E-state index in [2.05, 4.69) is 34.3 Å². The third-order valence-electron chi connectivity index (χ3n) is 5.04. The minimum absolute atomic E-state index is 0.411. The van der Waals surface area contributed by atoms with Crippen LogP contribution in [0.15, 0.2) is 30.7 Å². The molecule has 0 spiro atoms. The first-order valence-electron chi connectivity index (χ1n) is 8.67. The maximum absolute atomic E-state index is 11.2. The predicted octanol–water partition coefficient (Wildman–Crippen LogP) is 2.41. The van der Waals surface area contributed by atoms with Crippen LogP contribution in [0.2, 0.25) is 0 Å². The van der Waals surface area contributed by atoms with Gasteiger partial charge in [-0.3, -0.25) is 4.79 Å². The Bertz CT molecular complexity index is 778. The highest BCUT2D eigenvalue weighted by Crippen LogP contribution is 2.28. The summed E-state index contributed by atoms with van der Waals surface area (Å²) in [7, 11) is 4.29. The number of hydrogen-bond acceptors (Lipinski definition) is 6. The van der Waals surface area contributed by atoms with E-state index in [9.17, 15) is 4.79 Å². The number of nitrogens with zero attached hydrogens (tertiary/aromatic N) is 3. The highest BCUT2D eigenvalue weighted by molar-refractivity contribution is 6.08. The average molecular weight is 339 g/mol. The number of aldehydes is 1. The molecule has 3 rings (SSSR count). The van der Waals surface area contributed by atoms with Crippen LogP contribution in [0.1, 0.15) is 31.2 Å². The minimum Gasteiger partial charge on any atom is -0.404 e. The smallest absolute Gasteiger partial charge is 0.152 e. The Morgan fingerprint density at radius 1 is 1.24 bits per heavy atom. The number of nitrogens with one attached hydrogen (secondary N) is 1. The third kappa shape index (κ3) is 3.79. The second-order valence-electron chi connectivity index (χ2n) is 6.81. The van der Waals surface area contributed by atoms with Crippen LogP contribution in [0, 0.1) is 0 Å². The van der Waals surface area contributed by atoms with Gasteiger partial charge in [-0.25, -0.2) is 9.97 Å². The fourth-order valence-electron chi connectivity index (χ4n) is 3.48. The standard InChI is InChI=1S/C19H25N5O/c1-24(2)16-6-4-15(5-7-16)23-19-17-9-13(14(10-20)11-25)3-8-18(17)21-12-22-19/h3,8-12,15-16H,4-7,20H2,1-2H3,(H,21,22,23). The van der Waals surface area contributed by atoms with E-state index in [-0.39, 0.29) is 0 Å². The number of rotatable bonds is 5. The normalized spacial score (nSPS) is 21.5.